The maximum absolute atomic E-state index is 5.62. The maximum Gasteiger partial charge on any atom is 0.0585 e. The molecule has 0 radical (unpaired) electrons. The third kappa shape index (κ3) is 1.59. The van der Waals surface area contributed by atoms with Crippen LogP contribution in [0.3, 0.4) is 0 Å². The number of hydrogen-bond acceptors (Lipinski definition) is 2. The molecule has 1 unspecified atom stereocenters. The van der Waals surface area contributed by atoms with Gasteiger partial charge in [-0.3, -0.25) is 0 Å². The van der Waals surface area contributed by atoms with Gasteiger partial charge in [-0.15, -0.1) is 0 Å². The zero-order chi connectivity index (χ0) is 9.60. The summed E-state index contributed by atoms with van der Waals surface area (Å²) in [7, 11) is 0. The van der Waals surface area contributed by atoms with E-state index in [1.807, 2.05) is 0 Å². The molecule has 0 aromatic rings. The molecule has 0 heterocycles. The van der Waals surface area contributed by atoms with E-state index in [0.29, 0.717) is 6.10 Å². The van der Waals surface area contributed by atoms with Crippen molar-refractivity contribution >= 4 is 0 Å². The Labute approximate surface area is 86.4 Å². The zero-order valence-electron chi connectivity index (χ0n) is 9.09. The monoisotopic (exact) mass is 195 g/mol. The number of ether oxygens (including phenoxy) is 1. The highest BCUT2D eigenvalue weighted by Crippen LogP contribution is 2.65. The molecule has 0 aromatic carbocycles. The fourth-order valence-electron chi connectivity index (χ4n) is 3.02. The molecule has 2 heteroatoms. The molecule has 0 amide bonds. The zero-order valence-corrected chi connectivity index (χ0v) is 9.09. The van der Waals surface area contributed by atoms with Crippen LogP contribution in [0.15, 0.2) is 0 Å². The van der Waals surface area contributed by atoms with Crippen LogP contribution < -0.4 is 5.32 Å². The Bertz CT molecular complexity index is 218. The lowest BCUT2D eigenvalue weighted by molar-refractivity contribution is -0.0401. The van der Waals surface area contributed by atoms with Gasteiger partial charge >= 0.3 is 0 Å². The van der Waals surface area contributed by atoms with Crippen molar-refractivity contribution in [2.24, 2.45) is 11.3 Å². The van der Waals surface area contributed by atoms with Gasteiger partial charge in [0.15, 0.2) is 0 Å². The summed E-state index contributed by atoms with van der Waals surface area (Å²) in [5.74, 6) is 0.986. The van der Waals surface area contributed by atoms with Gasteiger partial charge in [0.25, 0.3) is 0 Å². The fourth-order valence-corrected chi connectivity index (χ4v) is 3.02. The average Bonchev–Trinajstić information content (AvgIpc) is 2.95. The van der Waals surface area contributed by atoms with Crippen LogP contribution in [0.2, 0.25) is 0 Å². The number of hydrogen-bond donors (Lipinski definition) is 1. The Hall–Kier alpha value is -0.0800. The summed E-state index contributed by atoms with van der Waals surface area (Å²) < 4.78 is 5.62. The first-order valence-electron chi connectivity index (χ1n) is 6.17. The highest BCUT2D eigenvalue weighted by molar-refractivity contribution is 5.12. The van der Waals surface area contributed by atoms with Gasteiger partial charge in [-0.1, -0.05) is 0 Å². The van der Waals surface area contributed by atoms with Crippen molar-refractivity contribution in [3.63, 3.8) is 0 Å². The van der Waals surface area contributed by atoms with Gasteiger partial charge < -0.3 is 10.1 Å². The van der Waals surface area contributed by atoms with Gasteiger partial charge in [0.2, 0.25) is 0 Å². The first kappa shape index (κ1) is 9.17. The van der Waals surface area contributed by atoms with Crippen molar-refractivity contribution in [2.75, 3.05) is 13.2 Å². The molecule has 0 aliphatic heterocycles. The third-order valence-corrected chi connectivity index (χ3v) is 4.26. The summed E-state index contributed by atoms with van der Waals surface area (Å²) in [5.41, 5.74) is 0.738. The molecule has 0 aromatic heterocycles. The van der Waals surface area contributed by atoms with Crippen molar-refractivity contribution in [3.8, 4) is 0 Å². The van der Waals surface area contributed by atoms with Crippen molar-refractivity contribution in [1.29, 1.82) is 0 Å². The molecule has 14 heavy (non-hydrogen) atoms. The van der Waals surface area contributed by atoms with E-state index < -0.39 is 0 Å². The molecular weight excluding hydrogens is 174 g/mol. The van der Waals surface area contributed by atoms with E-state index >= 15 is 0 Å². The molecule has 80 valence electrons. The summed E-state index contributed by atoms with van der Waals surface area (Å²) in [6, 6.07) is 0.885. The molecule has 3 aliphatic rings. The predicted octanol–water partition coefficient (Wildman–Crippen LogP) is 1.94. The third-order valence-electron chi connectivity index (χ3n) is 4.26. The normalized spacial score (nSPS) is 45.2. The van der Waals surface area contributed by atoms with Gasteiger partial charge in [-0.05, 0) is 56.9 Å². The van der Waals surface area contributed by atoms with E-state index in [0.717, 1.165) is 24.0 Å². The predicted molar refractivity (Wildman–Crippen MR) is 56.2 cm³/mol. The van der Waals surface area contributed by atoms with Crippen molar-refractivity contribution in [1.82, 2.24) is 5.32 Å². The highest BCUT2D eigenvalue weighted by Gasteiger charge is 2.61. The lowest BCUT2D eigenvalue weighted by Crippen LogP contribution is -2.36. The van der Waals surface area contributed by atoms with Gasteiger partial charge in [-0.25, -0.2) is 0 Å². The van der Waals surface area contributed by atoms with Crippen LogP contribution in [-0.4, -0.2) is 25.3 Å². The second-order valence-electron chi connectivity index (χ2n) is 5.43. The van der Waals surface area contributed by atoms with Crippen LogP contribution in [0.1, 0.15) is 39.0 Å². The van der Waals surface area contributed by atoms with Gasteiger partial charge in [0.05, 0.1) is 6.10 Å². The molecule has 3 saturated carbocycles. The summed E-state index contributed by atoms with van der Waals surface area (Å²) in [4.78, 5) is 0. The lowest BCUT2D eigenvalue weighted by atomic mass is 9.77. The van der Waals surface area contributed by atoms with Crippen LogP contribution >= 0.6 is 0 Å². The smallest absolute Gasteiger partial charge is 0.0585 e. The Morgan fingerprint density at radius 1 is 1.29 bits per heavy atom. The van der Waals surface area contributed by atoms with Gasteiger partial charge in [0, 0.05) is 12.6 Å². The number of rotatable bonds is 5. The second-order valence-corrected chi connectivity index (χ2v) is 5.43. The molecule has 1 spiro atoms. The average molecular weight is 195 g/mol. The molecule has 0 saturated heterocycles. The molecule has 0 bridgehead atoms. The summed E-state index contributed by atoms with van der Waals surface area (Å²) in [5, 5.41) is 3.65. The molecule has 1 atom stereocenters. The molecule has 3 aliphatic carbocycles. The van der Waals surface area contributed by atoms with Crippen molar-refractivity contribution in [3.05, 3.63) is 0 Å². The topological polar surface area (TPSA) is 21.3 Å². The van der Waals surface area contributed by atoms with E-state index in [1.54, 1.807) is 0 Å². The molecule has 1 N–H and O–H groups in total. The van der Waals surface area contributed by atoms with E-state index in [1.165, 1.54) is 38.6 Å². The minimum Gasteiger partial charge on any atom is -0.378 e. The van der Waals surface area contributed by atoms with E-state index in [-0.39, 0.29) is 0 Å². The summed E-state index contributed by atoms with van der Waals surface area (Å²) in [6.45, 7) is 4.28. The Kier molecular flexibility index (Phi) is 2.10. The minimum atomic E-state index is 0.603. The van der Waals surface area contributed by atoms with Crippen LogP contribution in [0.5, 0.6) is 0 Å². The molecular formula is C12H21NO. The molecule has 2 nitrogen and oxygen atoms in total. The van der Waals surface area contributed by atoms with Crippen molar-refractivity contribution in [2.45, 2.75) is 51.2 Å². The highest BCUT2D eigenvalue weighted by atomic mass is 16.5. The Morgan fingerprint density at radius 3 is 2.71 bits per heavy atom. The lowest BCUT2D eigenvalue weighted by Gasteiger charge is -2.36. The van der Waals surface area contributed by atoms with Gasteiger partial charge in [0.1, 0.15) is 0 Å². The molecule has 3 rings (SSSR count). The number of nitrogens with one attached hydrogen (secondary N) is 1. The van der Waals surface area contributed by atoms with Crippen LogP contribution in [0.25, 0.3) is 0 Å². The quantitative estimate of drug-likeness (QED) is 0.724. The van der Waals surface area contributed by atoms with Crippen LogP contribution in [0, 0.1) is 11.3 Å². The van der Waals surface area contributed by atoms with E-state index in [9.17, 15) is 0 Å². The van der Waals surface area contributed by atoms with Crippen molar-refractivity contribution < 1.29 is 4.74 Å². The first-order valence-corrected chi connectivity index (χ1v) is 6.17. The van der Waals surface area contributed by atoms with E-state index in [2.05, 4.69) is 12.2 Å². The largest absolute Gasteiger partial charge is 0.378 e. The van der Waals surface area contributed by atoms with Crippen LogP contribution in [0.4, 0.5) is 0 Å². The first-order chi connectivity index (χ1) is 6.82. The summed E-state index contributed by atoms with van der Waals surface area (Å²) in [6.07, 6.45) is 7.60. The SMILES string of the molecule is CCOC1CC2(C1)CC2CNC1CC1. The van der Waals surface area contributed by atoms with Gasteiger partial charge in [-0.2, -0.15) is 0 Å². The Balaban J connectivity index is 1.36. The standard InChI is InChI=1S/C12H21NO/c1-2-14-11-6-12(7-11)5-9(12)8-13-10-3-4-10/h9-11,13H,2-8H2,1H3. The van der Waals surface area contributed by atoms with E-state index in [4.69, 9.17) is 4.74 Å². The second kappa shape index (κ2) is 3.21. The maximum atomic E-state index is 5.62. The minimum absolute atomic E-state index is 0.603. The fraction of sp³-hybridized carbons (Fsp3) is 1.00. The Morgan fingerprint density at radius 2 is 2.07 bits per heavy atom. The summed E-state index contributed by atoms with van der Waals surface area (Å²) >= 11 is 0. The van der Waals surface area contributed by atoms with Crippen LogP contribution in [-0.2, 0) is 4.74 Å². The molecule has 3 fully saturated rings.